The maximum absolute atomic E-state index is 11.3. The Kier molecular flexibility index (Phi) is 3.34. The summed E-state index contributed by atoms with van der Waals surface area (Å²) in [4.78, 5) is 24.7. The minimum Gasteiger partial charge on any atom is -0.494 e. The summed E-state index contributed by atoms with van der Waals surface area (Å²) in [5.41, 5.74) is -0.978. The summed E-state index contributed by atoms with van der Waals surface area (Å²) in [6.45, 7) is 1.92. The van der Waals surface area contributed by atoms with Crippen LogP contribution in [0.1, 0.15) is 18.9 Å². The third kappa shape index (κ3) is 2.10. The highest BCUT2D eigenvalue weighted by Crippen LogP contribution is 2.10. The van der Waals surface area contributed by atoms with Gasteiger partial charge < -0.3 is 5.11 Å². The number of hydrogen-bond donors (Lipinski definition) is 2. The van der Waals surface area contributed by atoms with Crippen LogP contribution < -0.4 is 11.2 Å². The molecule has 0 aliphatic heterocycles. The van der Waals surface area contributed by atoms with Gasteiger partial charge in [-0.05, 0) is 6.42 Å². The van der Waals surface area contributed by atoms with Crippen molar-refractivity contribution < 1.29 is 5.11 Å². The van der Waals surface area contributed by atoms with Crippen molar-refractivity contribution in [1.29, 1.82) is 0 Å². The van der Waals surface area contributed by atoms with Gasteiger partial charge in [-0.1, -0.05) is 6.92 Å². The van der Waals surface area contributed by atoms with E-state index in [1.54, 1.807) is 6.92 Å². The van der Waals surface area contributed by atoms with Crippen molar-refractivity contribution in [1.82, 2.24) is 9.55 Å². The number of rotatable bonds is 3. The van der Waals surface area contributed by atoms with E-state index in [-0.39, 0.29) is 18.0 Å². The molecule has 1 aromatic heterocycles. The lowest BCUT2D eigenvalue weighted by atomic mass is 10.2. The average Bonchev–Trinajstić information content (AvgIpc) is 2.17. The minimum absolute atomic E-state index is 0.199. The number of aromatic hydroxyl groups is 1. The molecule has 0 aliphatic rings. The molecule has 5 heteroatoms. The van der Waals surface area contributed by atoms with Gasteiger partial charge in [-0.3, -0.25) is 14.3 Å². The van der Waals surface area contributed by atoms with Crippen molar-refractivity contribution in [3.63, 3.8) is 0 Å². The molecule has 80 valence electrons. The van der Waals surface area contributed by atoms with Crippen molar-refractivity contribution in [3.8, 4) is 18.2 Å². The number of terminal acetylenes is 1. The second kappa shape index (κ2) is 4.51. The first-order chi connectivity index (χ1) is 7.11. The fraction of sp³-hybridized carbons (Fsp3) is 0.400. The van der Waals surface area contributed by atoms with Crippen LogP contribution in [0.2, 0.25) is 0 Å². The zero-order chi connectivity index (χ0) is 11.4. The van der Waals surface area contributed by atoms with Crippen LogP contribution >= 0.6 is 0 Å². The van der Waals surface area contributed by atoms with Gasteiger partial charge in [0.2, 0.25) is 5.88 Å². The van der Waals surface area contributed by atoms with Gasteiger partial charge in [0.05, 0.1) is 5.56 Å². The smallest absolute Gasteiger partial charge is 0.331 e. The Bertz CT molecular complexity index is 505. The molecule has 0 aromatic carbocycles. The van der Waals surface area contributed by atoms with Crippen LogP contribution in [-0.2, 0) is 13.0 Å². The molecule has 0 radical (unpaired) electrons. The number of aromatic nitrogens is 2. The number of nitrogens with one attached hydrogen (secondary N) is 1. The molecule has 5 nitrogen and oxygen atoms in total. The Morgan fingerprint density at radius 2 is 2.20 bits per heavy atom. The zero-order valence-corrected chi connectivity index (χ0v) is 8.41. The third-order valence-electron chi connectivity index (χ3n) is 2.10. The SMILES string of the molecule is C#CCCn1c(O)c(CC)c(=O)[nH]c1=O. The van der Waals surface area contributed by atoms with Gasteiger partial charge in [0.1, 0.15) is 0 Å². The van der Waals surface area contributed by atoms with Crippen molar-refractivity contribution in [2.75, 3.05) is 0 Å². The molecule has 15 heavy (non-hydrogen) atoms. The van der Waals surface area contributed by atoms with Crippen LogP contribution in [0.15, 0.2) is 9.59 Å². The lowest BCUT2D eigenvalue weighted by Gasteiger charge is -2.08. The maximum atomic E-state index is 11.3. The maximum Gasteiger partial charge on any atom is 0.331 e. The van der Waals surface area contributed by atoms with E-state index in [2.05, 4.69) is 10.9 Å². The topological polar surface area (TPSA) is 75.1 Å². The van der Waals surface area contributed by atoms with Gasteiger partial charge in [0.25, 0.3) is 5.56 Å². The average molecular weight is 208 g/mol. The van der Waals surface area contributed by atoms with E-state index in [0.29, 0.717) is 12.8 Å². The molecule has 0 aliphatic carbocycles. The molecule has 1 rings (SSSR count). The standard InChI is InChI=1S/C10H12N2O3/c1-3-5-6-12-9(14)7(4-2)8(13)11-10(12)15/h1,14H,4-6H2,2H3,(H,11,13,15). The van der Waals surface area contributed by atoms with Crippen molar-refractivity contribution in [3.05, 3.63) is 26.4 Å². The van der Waals surface area contributed by atoms with Crippen LogP contribution in [0.25, 0.3) is 0 Å². The van der Waals surface area contributed by atoms with E-state index in [9.17, 15) is 14.7 Å². The molecule has 0 saturated carbocycles. The first-order valence-electron chi connectivity index (χ1n) is 4.60. The summed E-state index contributed by atoms with van der Waals surface area (Å²) in [5.74, 6) is 2.07. The molecule has 0 saturated heterocycles. The fourth-order valence-corrected chi connectivity index (χ4v) is 1.30. The van der Waals surface area contributed by atoms with Crippen molar-refractivity contribution >= 4 is 0 Å². The van der Waals surface area contributed by atoms with Crippen LogP contribution in [0.3, 0.4) is 0 Å². The van der Waals surface area contributed by atoms with Crippen LogP contribution in [0.5, 0.6) is 5.88 Å². The van der Waals surface area contributed by atoms with Crippen LogP contribution in [0, 0.1) is 12.3 Å². The molecule has 0 fully saturated rings. The Labute approximate surface area is 86.4 Å². The number of nitrogens with zero attached hydrogens (tertiary/aromatic N) is 1. The quantitative estimate of drug-likeness (QED) is 0.677. The molecule has 0 spiro atoms. The second-order valence-electron chi connectivity index (χ2n) is 3.02. The van der Waals surface area contributed by atoms with Gasteiger partial charge in [-0.15, -0.1) is 12.3 Å². The minimum atomic E-state index is -0.634. The monoisotopic (exact) mass is 208 g/mol. The molecular weight excluding hydrogens is 196 g/mol. The summed E-state index contributed by atoms with van der Waals surface area (Å²) in [6.07, 6.45) is 5.74. The van der Waals surface area contributed by atoms with Gasteiger partial charge in [0, 0.05) is 13.0 Å². The normalized spacial score (nSPS) is 9.87. The Morgan fingerprint density at radius 1 is 1.53 bits per heavy atom. The molecule has 0 bridgehead atoms. The third-order valence-corrected chi connectivity index (χ3v) is 2.10. The second-order valence-corrected chi connectivity index (χ2v) is 3.02. The first-order valence-corrected chi connectivity index (χ1v) is 4.60. The number of aromatic amines is 1. The number of H-pyrrole nitrogens is 1. The first kappa shape index (κ1) is 11.1. The molecule has 1 aromatic rings. The highest BCUT2D eigenvalue weighted by atomic mass is 16.3. The lowest BCUT2D eigenvalue weighted by Crippen LogP contribution is -2.32. The predicted molar refractivity (Wildman–Crippen MR) is 55.8 cm³/mol. The van der Waals surface area contributed by atoms with Crippen LogP contribution in [0.4, 0.5) is 0 Å². The Hall–Kier alpha value is -1.96. The van der Waals surface area contributed by atoms with E-state index in [1.165, 1.54) is 0 Å². The summed E-state index contributed by atoms with van der Waals surface area (Å²) < 4.78 is 1.07. The van der Waals surface area contributed by atoms with Crippen LogP contribution in [-0.4, -0.2) is 14.7 Å². The molecular formula is C10H12N2O3. The number of hydrogen-bond acceptors (Lipinski definition) is 3. The molecule has 1 heterocycles. The molecule has 0 unspecified atom stereocenters. The van der Waals surface area contributed by atoms with E-state index in [4.69, 9.17) is 6.42 Å². The fourth-order valence-electron chi connectivity index (χ4n) is 1.30. The summed E-state index contributed by atoms with van der Waals surface area (Å²) in [7, 11) is 0. The van der Waals surface area contributed by atoms with Crippen molar-refractivity contribution in [2.24, 2.45) is 0 Å². The van der Waals surface area contributed by atoms with E-state index < -0.39 is 11.2 Å². The van der Waals surface area contributed by atoms with E-state index >= 15 is 0 Å². The lowest BCUT2D eigenvalue weighted by molar-refractivity contribution is 0.395. The Balaban J connectivity index is 3.34. The zero-order valence-electron chi connectivity index (χ0n) is 8.41. The van der Waals surface area contributed by atoms with Gasteiger partial charge >= 0.3 is 5.69 Å². The Morgan fingerprint density at radius 3 is 2.73 bits per heavy atom. The van der Waals surface area contributed by atoms with Gasteiger partial charge in [0.15, 0.2) is 0 Å². The highest BCUT2D eigenvalue weighted by molar-refractivity contribution is 5.22. The molecule has 0 atom stereocenters. The summed E-state index contributed by atoms with van der Waals surface area (Å²) in [6, 6.07) is 0. The van der Waals surface area contributed by atoms with Crippen molar-refractivity contribution in [2.45, 2.75) is 26.3 Å². The molecule has 2 N–H and O–H groups in total. The largest absolute Gasteiger partial charge is 0.494 e. The van der Waals surface area contributed by atoms with E-state index in [0.717, 1.165) is 4.57 Å². The summed E-state index contributed by atoms with van der Waals surface area (Å²) in [5, 5.41) is 9.65. The summed E-state index contributed by atoms with van der Waals surface area (Å²) >= 11 is 0. The van der Waals surface area contributed by atoms with Gasteiger partial charge in [-0.2, -0.15) is 0 Å². The highest BCUT2D eigenvalue weighted by Gasteiger charge is 2.11. The van der Waals surface area contributed by atoms with E-state index in [1.807, 2.05) is 0 Å². The van der Waals surface area contributed by atoms with Gasteiger partial charge in [-0.25, -0.2) is 4.79 Å². The predicted octanol–water partition coefficient (Wildman–Crippen LogP) is -0.172. The molecule has 0 amide bonds.